The maximum Gasteiger partial charge on any atom is 0.228 e. The van der Waals surface area contributed by atoms with E-state index in [1.807, 2.05) is 0 Å². The van der Waals surface area contributed by atoms with E-state index >= 15 is 0 Å². The summed E-state index contributed by atoms with van der Waals surface area (Å²) in [5.74, 6) is -1.88. The van der Waals surface area contributed by atoms with Crippen LogP contribution in [0.4, 0.5) is 0 Å². The summed E-state index contributed by atoms with van der Waals surface area (Å²) >= 11 is 0. The molecule has 3 atom stereocenters. The highest BCUT2D eigenvalue weighted by Crippen LogP contribution is 2.10. The van der Waals surface area contributed by atoms with Crippen LogP contribution in [0.15, 0.2) is 36.1 Å². The van der Waals surface area contributed by atoms with Crippen molar-refractivity contribution in [3.05, 3.63) is 41.7 Å². The first-order valence-corrected chi connectivity index (χ1v) is 5.62. The molecule has 104 valence electrons. The van der Waals surface area contributed by atoms with Crippen molar-refractivity contribution in [2.75, 3.05) is 6.61 Å². The number of hydrogen-bond donors (Lipinski definition) is 5. The summed E-state index contributed by atoms with van der Waals surface area (Å²) in [4.78, 5) is 11.6. The molecule has 1 aromatic rings. The highest BCUT2D eigenvalue weighted by molar-refractivity contribution is 6.00. The number of carbonyl (C=O) groups is 1. The Balaban J connectivity index is 2.80. The van der Waals surface area contributed by atoms with Gasteiger partial charge in [-0.3, -0.25) is 4.79 Å². The number of benzene rings is 1. The molecular formula is C13H16O6. The van der Waals surface area contributed by atoms with Crippen molar-refractivity contribution in [2.24, 2.45) is 0 Å². The van der Waals surface area contributed by atoms with Crippen molar-refractivity contribution in [3.63, 3.8) is 0 Å². The summed E-state index contributed by atoms with van der Waals surface area (Å²) in [5.41, 5.74) is 0.540. The van der Waals surface area contributed by atoms with Gasteiger partial charge < -0.3 is 25.5 Å². The summed E-state index contributed by atoms with van der Waals surface area (Å²) in [6, 6.07) is 8.42. The highest BCUT2D eigenvalue weighted by Gasteiger charge is 2.31. The Hall–Kier alpha value is -1.73. The smallest absolute Gasteiger partial charge is 0.228 e. The second-order valence-electron chi connectivity index (χ2n) is 3.99. The Bertz CT molecular complexity index is 442. The number of carbonyl (C=O) groups excluding carboxylic acids is 1. The number of ketones is 1. The first kappa shape index (κ1) is 15.3. The van der Waals surface area contributed by atoms with Crippen molar-refractivity contribution in [1.29, 1.82) is 0 Å². The average Bonchev–Trinajstić information content (AvgIpc) is 2.44. The van der Waals surface area contributed by atoms with Gasteiger partial charge in [-0.15, -0.1) is 0 Å². The molecule has 3 unspecified atom stereocenters. The van der Waals surface area contributed by atoms with Gasteiger partial charge in [-0.05, 0) is 11.6 Å². The van der Waals surface area contributed by atoms with Crippen molar-refractivity contribution < 1.29 is 30.3 Å². The van der Waals surface area contributed by atoms with E-state index in [0.717, 1.165) is 6.08 Å². The third-order valence-corrected chi connectivity index (χ3v) is 2.53. The van der Waals surface area contributed by atoms with Crippen LogP contribution in [0.3, 0.4) is 0 Å². The third-order valence-electron chi connectivity index (χ3n) is 2.53. The quantitative estimate of drug-likeness (QED) is 0.341. The topological polar surface area (TPSA) is 118 Å². The number of aliphatic hydroxyl groups excluding tert-OH is 5. The number of hydrogen-bond acceptors (Lipinski definition) is 6. The van der Waals surface area contributed by atoms with Gasteiger partial charge in [-0.1, -0.05) is 30.3 Å². The van der Waals surface area contributed by atoms with E-state index in [2.05, 4.69) is 0 Å². The third kappa shape index (κ3) is 4.15. The minimum atomic E-state index is -2.01. The Kier molecular flexibility index (Phi) is 5.65. The SMILES string of the molecule is O=C(C(O)=Cc1ccccc1)C(O)C(O)C(O)CO. The van der Waals surface area contributed by atoms with Crippen LogP contribution in [0.25, 0.3) is 6.08 Å². The standard InChI is InChI=1S/C13H16O6/c14-7-10(16)12(18)13(19)11(17)9(15)6-8-4-2-1-3-5-8/h1-6,10,12-16,18-19H,7H2. The zero-order valence-electron chi connectivity index (χ0n) is 10.0. The molecule has 19 heavy (non-hydrogen) atoms. The molecule has 0 saturated heterocycles. The van der Waals surface area contributed by atoms with Gasteiger partial charge in [0.25, 0.3) is 0 Å². The molecule has 6 nitrogen and oxygen atoms in total. The molecule has 0 aliphatic carbocycles. The molecule has 1 aromatic carbocycles. The van der Waals surface area contributed by atoms with Crippen molar-refractivity contribution in [2.45, 2.75) is 18.3 Å². The van der Waals surface area contributed by atoms with Crippen molar-refractivity contribution in [1.82, 2.24) is 0 Å². The maximum absolute atomic E-state index is 11.6. The zero-order valence-corrected chi connectivity index (χ0v) is 10.0. The number of aliphatic hydroxyl groups is 5. The van der Waals surface area contributed by atoms with Crippen LogP contribution >= 0.6 is 0 Å². The van der Waals surface area contributed by atoms with Gasteiger partial charge in [0.05, 0.1) is 6.61 Å². The van der Waals surface area contributed by atoms with Gasteiger partial charge in [0.2, 0.25) is 5.78 Å². The Labute approximate surface area is 109 Å². The fraction of sp³-hybridized carbons (Fsp3) is 0.308. The Morgan fingerprint density at radius 1 is 1.16 bits per heavy atom. The number of rotatable bonds is 6. The van der Waals surface area contributed by atoms with Crippen LogP contribution in [0.5, 0.6) is 0 Å². The van der Waals surface area contributed by atoms with E-state index in [9.17, 15) is 20.1 Å². The molecule has 0 spiro atoms. The zero-order chi connectivity index (χ0) is 14.4. The lowest BCUT2D eigenvalue weighted by Crippen LogP contribution is -2.44. The molecule has 1 rings (SSSR count). The fourth-order valence-electron chi connectivity index (χ4n) is 1.40. The fourth-order valence-corrected chi connectivity index (χ4v) is 1.40. The van der Waals surface area contributed by atoms with E-state index in [1.54, 1.807) is 30.3 Å². The second-order valence-corrected chi connectivity index (χ2v) is 3.99. The van der Waals surface area contributed by atoms with E-state index in [0.29, 0.717) is 5.56 Å². The molecule has 0 bridgehead atoms. The minimum absolute atomic E-state index is 0.540. The first-order chi connectivity index (χ1) is 8.97. The lowest BCUT2D eigenvalue weighted by Gasteiger charge is -2.20. The normalized spacial score (nSPS) is 16.7. The maximum atomic E-state index is 11.6. The molecule has 5 N–H and O–H groups in total. The summed E-state index contributed by atoms with van der Waals surface area (Å²) in [6.45, 7) is -0.811. The lowest BCUT2D eigenvalue weighted by atomic mass is 10.0. The Morgan fingerprint density at radius 2 is 1.74 bits per heavy atom. The predicted octanol–water partition coefficient (Wildman–Crippen LogP) is -0.770. The van der Waals surface area contributed by atoms with Gasteiger partial charge in [-0.25, -0.2) is 0 Å². The van der Waals surface area contributed by atoms with Crippen molar-refractivity contribution in [3.8, 4) is 0 Å². The summed E-state index contributed by atoms with van der Waals surface area (Å²) in [5, 5.41) is 46.1. The van der Waals surface area contributed by atoms with E-state index in [1.165, 1.54) is 0 Å². The monoisotopic (exact) mass is 268 g/mol. The molecule has 0 aliphatic rings. The highest BCUT2D eigenvalue weighted by atomic mass is 16.4. The first-order valence-electron chi connectivity index (χ1n) is 5.62. The van der Waals surface area contributed by atoms with Gasteiger partial charge in [0.15, 0.2) is 5.76 Å². The summed E-state index contributed by atoms with van der Waals surface area (Å²) < 4.78 is 0. The summed E-state index contributed by atoms with van der Waals surface area (Å²) in [7, 11) is 0. The lowest BCUT2D eigenvalue weighted by molar-refractivity contribution is -0.138. The molecule has 0 aromatic heterocycles. The second kappa shape index (κ2) is 7.01. The molecule has 6 heteroatoms. The predicted molar refractivity (Wildman–Crippen MR) is 67.2 cm³/mol. The minimum Gasteiger partial charge on any atom is -0.504 e. The van der Waals surface area contributed by atoms with E-state index in [-0.39, 0.29) is 0 Å². The van der Waals surface area contributed by atoms with Crippen LogP contribution in [0, 0.1) is 0 Å². The molecule has 0 radical (unpaired) electrons. The van der Waals surface area contributed by atoms with Crippen LogP contribution in [-0.4, -0.2) is 56.2 Å². The molecule has 0 fully saturated rings. The van der Waals surface area contributed by atoms with Crippen molar-refractivity contribution >= 4 is 11.9 Å². The van der Waals surface area contributed by atoms with Gasteiger partial charge in [-0.2, -0.15) is 0 Å². The van der Waals surface area contributed by atoms with E-state index < -0.39 is 36.5 Å². The summed E-state index contributed by atoms with van der Waals surface area (Å²) in [6.07, 6.45) is -4.42. The number of Topliss-reactive ketones (excluding diaryl/α,β-unsaturated/α-hetero) is 1. The van der Waals surface area contributed by atoms with Crippen LogP contribution in [0.2, 0.25) is 0 Å². The largest absolute Gasteiger partial charge is 0.504 e. The van der Waals surface area contributed by atoms with Crippen LogP contribution < -0.4 is 0 Å². The average molecular weight is 268 g/mol. The van der Waals surface area contributed by atoms with Gasteiger partial charge in [0, 0.05) is 0 Å². The molecule has 0 amide bonds. The molecule has 0 aliphatic heterocycles. The Morgan fingerprint density at radius 3 is 2.26 bits per heavy atom. The van der Waals surface area contributed by atoms with Crippen LogP contribution in [0.1, 0.15) is 5.56 Å². The van der Waals surface area contributed by atoms with Crippen LogP contribution in [-0.2, 0) is 4.79 Å². The molecular weight excluding hydrogens is 252 g/mol. The van der Waals surface area contributed by atoms with Gasteiger partial charge >= 0.3 is 0 Å². The van der Waals surface area contributed by atoms with Gasteiger partial charge in [0.1, 0.15) is 18.3 Å². The van der Waals surface area contributed by atoms with E-state index in [4.69, 9.17) is 10.2 Å². The molecule has 0 heterocycles. The molecule has 0 saturated carbocycles.